The Labute approximate surface area is 256 Å². The van der Waals surface area contributed by atoms with Crippen LogP contribution in [-0.4, -0.2) is 59.6 Å². The van der Waals surface area contributed by atoms with E-state index >= 15 is 0 Å². The van der Waals surface area contributed by atoms with E-state index < -0.39 is 23.9 Å². The van der Waals surface area contributed by atoms with E-state index in [9.17, 15) is 14.4 Å². The van der Waals surface area contributed by atoms with Crippen molar-refractivity contribution in [2.75, 3.05) is 19.8 Å². The Hall–Kier alpha value is -4.21. The molecule has 9 nitrogen and oxygen atoms in total. The van der Waals surface area contributed by atoms with Gasteiger partial charge in [0.25, 0.3) is 5.91 Å². The Bertz CT molecular complexity index is 1540. The molecule has 1 saturated carbocycles. The van der Waals surface area contributed by atoms with Crippen molar-refractivity contribution in [2.45, 2.75) is 63.2 Å². The highest BCUT2D eigenvalue weighted by atomic mass is 16.7. The van der Waals surface area contributed by atoms with Gasteiger partial charge in [0.1, 0.15) is 18.4 Å². The number of benzene rings is 3. The number of fused-ring (bicyclic) bond motifs is 2. The lowest BCUT2D eigenvalue weighted by molar-refractivity contribution is -0.215. The van der Waals surface area contributed by atoms with Crippen LogP contribution in [0.5, 0.6) is 5.75 Å². The minimum atomic E-state index is -1.42. The molecule has 44 heavy (non-hydrogen) atoms. The zero-order valence-electron chi connectivity index (χ0n) is 24.7. The lowest BCUT2D eigenvalue weighted by Crippen LogP contribution is -2.47. The molecule has 0 radical (unpaired) electrons. The molecule has 0 bridgehead atoms. The van der Waals surface area contributed by atoms with E-state index in [1.165, 1.54) is 0 Å². The maximum absolute atomic E-state index is 13.8. The third kappa shape index (κ3) is 5.46. The summed E-state index contributed by atoms with van der Waals surface area (Å²) in [7, 11) is 0. The van der Waals surface area contributed by atoms with E-state index in [0.717, 1.165) is 34.4 Å². The molecule has 3 aromatic carbocycles. The Morgan fingerprint density at radius 1 is 1.00 bits per heavy atom. The van der Waals surface area contributed by atoms with Crippen LogP contribution >= 0.6 is 0 Å². The van der Waals surface area contributed by atoms with Crippen LogP contribution in [0, 0.1) is 5.92 Å². The molecule has 2 aliphatic heterocycles. The van der Waals surface area contributed by atoms with E-state index in [-0.39, 0.29) is 24.6 Å². The zero-order chi connectivity index (χ0) is 30.3. The Morgan fingerprint density at radius 2 is 1.70 bits per heavy atom. The highest BCUT2D eigenvalue weighted by Crippen LogP contribution is 2.46. The number of hydrogen-bond donors (Lipinski definition) is 0. The molecule has 2 atom stereocenters. The molecule has 4 aliphatic rings. The van der Waals surface area contributed by atoms with E-state index in [0.29, 0.717) is 49.8 Å². The summed E-state index contributed by atoms with van der Waals surface area (Å²) >= 11 is 0. The number of carbonyl (C=O) groups is 3. The van der Waals surface area contributed by atoms with Gasteiger partial charge in [0.05, 0.1) is 13.2 Å². The van der Waals surface area contributed by atoms with E-state index in [4.69, 9.17) is 18.9 Å². The van der Waals surface area contributed by atoms with Gasteiger partial charge < -0.3 is 23.8 Å². The van der Waals surface area contributed by atoms with Crippen LogP contribution in [-0.2, 0) is 42.4 Å². The molecule has 228 valence electrons. The fourth-order valence-corrected chi connectivity index (χ4v) is 6.55. The van der Waals surface area contributed by atoms with Gasteiger partial charge in [-0.25, -0.2) is 9.69 Å². The number of imide groups is 1. The number of ether oxygens (including phenoxy) is 4. The second-order valence-corrected chi connectivity index (χ2v) is 12.1. The molecule has 0 aromatic heterocycles. The van der Waals surface area contributed by atoms with Crippen molar-refractivity contribution in [1.29, 1.82) is 0 Å². The Morgan fingerprint density at radius 3 is 2.41 bits per heavy atom. The van der Waals surface area contributed by atoms with Gasteiger partial charge in [0.2, 0.25) is 11.5 Å². The van der Waals surface area contributed by atoms with E-state index in [2.05, 4.69) is 0 Å². The Kier molecular flexibility index (Phi) is 7.60. The van der Waals surface area contributed by atoms with Gasteiger partial charge in [0, 0.05) is 30.1 Å². The summed E-state index contributed by atoms with van der Waals surface area (Å²) in [6, 6.07) is 25.0. The zero-order valence-corrected chi connectivity index (χ0v) is 24.7. The van der Waals surface area contributed by atoms with Gasteiger partial charge in [-0.3, -0.25) is 9.59 Å². The van der Waals surface area contributed by atoms with Crippen molar-refractivity contribution < 1.29 is 33.3 Å². The largest absolute Gasteiger partial charge is 0.486 e. The standard InChI is InChI=1S/C35H36N2O7/c1-23(25-12-13-25)36(19-24-8-4-2-5-9-24)31(38)20-37-33(39)35(44-34(37)40)17-16-27-18-28(14-15-30(27)35)43-29-21-41-32(42-22-29)26-10-6-3-7-11-26/h2-11,14-15,18,23,25,29,32H,12-13,16-17,19-22H2,1H3/t23-,29?,32?,35?/m0/s1. The molecule has 1 unspecified atom stereocenters. The molecule has 0 N–H and O–H groups in total. The summed E-state index contributed by atoms with van der Waals surface area (Å²) in [5.41, 5.74) is 2.07. The smallest absolute Gasteiger partial charge is 0.418 e. The lowest BCUT2D eigenvalue weighted by Gasteiger charge is -2.30. The average Bonchev–Trinajstić information content (AvgIpc) is 3.81. The molecule has 3 amide bonds. The summed E-state index contributed by atoms with van der Waals surface area (Å²) in [4.78, 5) is 43.4. The predicted molar refractivity (Wildman–Crippen MR) is 159 cm³/mol. The van der Waals surface area contributed by atoms with E-state index in [1.807, 2.05) is 73.7 Å². The summed E-state index contributed by atoms with van der Waals surface area (Å²) < 4.78 is 23.7. The first kappa shape index (κ1) is 28.6. The highest BCUT2D eigenvalue weighted by Gasteiger charge is 2.58. The van der Waals surface area contributed by atoms with Gasteiger partial charge >= 0.3 is 6.09 Å². The number of rotatable bonds is 9. The number of nitrogens with zero attached hydrogens (tertiary/aromatic N) is 2. The fourth-order valence-electron chi connectivity index (χ4n) is 6.55. The van der Waals surface area contributed by atoms with Gasteiger partial charge in [-0.1, -0.05) is 66.7 Å². The third-order valence-corrected chi connectivity index (χ3v) is 9.18. The molecule has 2 saturated heterocycles. The normalized spacial score (nSPS) is 25.1. The second-order valence-electron chi connectivity index (χ2n) is 12.1. The summed E-state index contributed by atoms with van der Waals surface area (Å²) in [6.07, 6.45) is 1.53. The van der Waals surface area contributed by atoms with Crippen molar-refractivity contribution >= 4 is 17.9 Å². The first-order chi connectivity index (χ1) is 21.4. The molecular weight excluding hydrogens is 560 g/mol. The second kappa shape index (κ2) is 11.7. The Balaban J connectivity index is 1.02. The summed E-state index contributed by atoms with van der Waals surface area (Å²) in [6.45, 7) is 2.88. The van der Waals surface area contributed by atoms with Gasteiger partial charge in [-0.2, -0.15) is 0 Å². The van der Waals surface area contributed by atoms with Crippen molar-refractivity contribution in [2.24, 2.45) is 5.92 Å². The van der Waals surface area contributed by atoms with Crippen LogP contribution in [0.25, 0.3) is 0 Å². The van der Waals surface area contributed by atoms with E-state index in [1.54, 1.807) is 17.0 Å². The SMILES string of the molecule is C[C@@H](C1CC1)N(Cc1ccccc1)C(=O)CN1C(=O)OC2(CCc3cc(OC4COC(c5ccccc5)OC4)ccc32)C1=O. The third-order valence-electron chi connectivity index (χ3n) is 9.18. The lowest BCUT2D eigenvalue weighted by atomic mass is 9.95. The maximum atomic E-state index is 13.8. The van der Waals surface area contributed by atoms with Crippen molar-refractivity contribution in [3.05, 3.63) is 101 Å². The number of amides is 3. The molecule has 3 aromatic rings. The minimum Gasteiger partial charge on any atom is -0.486 e. The predicted octanol–water partition coefficient (Wildman–Crippen LogP) is 5.13. The first-order valence-corrected chi connectivity index (χ1v) is 15.4. The van der Waals surface area contributed by atoms with Crippen LogP contribution in [0.3, 0.4) is 0 Å². The highest BCUT2D eigenvalue weighted by molar-refractivity contribution is 6.06. The van der Waals surface area contributed by atoms with Gasteiger partial charge in [-0.05, 0) is 55.4 Å². The van der Waals surface area contributed by atoms with Crippen LogP contribution in [0.15, 0.2) is 78.9 Å². The minimum absolute atomic E-state index is 0.0141. The molecule has 9 heteroatoms. The van der Waals surface area contributed by atoms with Crippen molar-refractivity contribution in [3.8, 4) is 5.75 Å². The molecule has 3 fully saturated rings. The quantitative estimate of drug-likeness (QED) is 0.338. The van der Waals surface area contributed by atoms with Gasteiger partial charge in [0.15, 0.2) is 6.29 Å². The number of carbonyl (C=O) groups excluding carboxylic acids is 3. The molecular formula is C35H36N2O7. The molecule has 2 aliphatic carbocycles. The van der Waals surface area contributed by atoms with Crippen molar-refractivity contribution in [1.82, 2.24) is 9.80 Å². The summed E-state index contributed by atoms with van der Waals surface area (Å²) in [5.74, 6) is 0.322. The van der Waals surface area contributed by atoms with Crippen LogP contribution < -0.4 is 4.74 Å². The topological polar surface area (TPSA) is 94.6 Å². The summed E-state index contributed by atoms with van der Waals surface area (Å²) in [5, 5.41) is 0. The van der Waals surface area contributed by atoms with Gasteiger partial charge in [-0.15, -0.1) is 0 Å². The van der Waals surface area contributed by atoms with Crippen LogP contribution in [0.1, 0.15) is 54.7 Å². The maximum Gasteiger partial charge on any atom is 0.418 e. The number of hydrogen-bond acceptors (Lipinski definition) is 7. The first-order valence-electron chi connectivity index (χ1n) is 15.4. The fraction of sp³-hybridized carbons (Fsp3) is 0.400. The van der Waals surface area contributed by atoms with Crippen LogP contribution in [0.2, 0.25) is 0 Å². The number of aryl methyl sites for hydroxylation is 1. The molecule has 2 heterocycles. The average molecular weight is 597 g/mol. The molecule has 7 rings (SSSR count). The van der Waals surface area contributed by atoms with Crippen molar-refractivity contribution in [3.63, 3.8) is 0 Å². The monoisotopic (exact) mass is 596 g/mol. The van der Waals surface area contributed by atoms with Crippen LogP contribution in [0.4, 0.5) is 4.79 Å². The molecule has 1 spiro atoms.